The van der Waals surface area contributed by atoms with Gasteiger partial charge in [0.15, 0.2) is 6.29 Å². The molecule has 0 amide bonds. The van der Waals surface area contributed by atoms with Crippen molar-refractivity contribution in [1.82, 2.24) is 0 Å². The molecular weight excluding hydrogens is 220 g/mol. The Hall–Kier alpha value is -0.610. The van der Waals surface area contributed by atoms with Crippen LogP contribution >= 0.6 is 0 Å². The van der Waals surface area contributed by atoms with Crippen molar-refractivity contribution < 1.29 is 19.0 Å². The summed E-state index contributed by atoms with van der Waals surface area (Å²) in [5.41, 5.74) is 0. The van der Waals surface area contributed by atoms with Crippen LogP contribution in [0.3, 0.4) is 0 Å². The van der Waals surface area contributed by atoms with Gasteiger partial charge in [-0.3, -0.25) is 4.79 Å². The van der Waals surface area contributed by atoms with Gasteiger partial charge in [0.05, 0.1) is 6.10 Å². The molecular formula is C13H22O4. The largest absolute Gasteiger partial charge is 0.462 e. The molecule has 0 spiro atoms. The molecule has 1 saturated carbocycles. The molecule has 1 saturated heterocycles. The Balaban J connectivity index is 1.74. The molecule has 0 aromatic carbocycles. The molecule has 0 aromatic heterocycles. The maximum absolute atomic E-state index is 10.9. The Kier molecular flexibility index (Phi) is 4.80. The molecule has 0 radical (unpaired) electrons. The number of carbonyl (C=O) groups excluding carboxylic acids is 1. The minimum atomic E-state index is -0.190. The molecule has 2 fully saturated rings. The predicted octanol–water partition coefficient (Wildman–Crippen LogP) is 2.40. The van der Waals surface area contributed by atoms with Gasteiger partial charge < -0.3 is 14.2 Å². The number of hydrogen-bond donors (Lipinski definition) is 0. The molecule has 1 heterocycles. The monoisotopic (exact) mass is 242 g/mol. The molecule has 98 valence electrons. The number of ether oxygens (including phenoxy) is 3. The van der Waals surface area contributed by atoms with E-state index in [0.29, 0.717) is 0 Å². The third-order valence-electron chi connectivity index (χ3n) is 3.39. The second-order valence-corrected chi connectivity index (χ2v) is 4.95. The van der Waals surface area contributed by atoms with Gasteiger partial charge in [-0.25, -0.2) is 0 Å². The molecule has 1 aliphatic heterocycles. The zero-order valence-corrected chi connectivity index (χ0v) is 10.5. The van der Waals surface area contributed by atoms with Gasteiger partial charge in [0.1, 0.15) is 6.10 Å². The van der Waals surface area contributed by atoms with Crippen LogP contribution in [0.1, 0.15) is 51.9 Å². The summed E-state index contributed by atoms with van der Waals surface area (Å²) in [6.45, 7) is 2.28. The first-order chi connectivity index (χ1) is 8.24. The van der Waals surface area contributed by atoms with Crippen LogP contribution in [0.5, 0.6) is 0 Å². The Morgan fingerprint density at radius 2 is 1.94 bits per heavy atom. The minimum absolute atomic E-state index is 0.0369. The zero-order chi connectivity index (χ0) is 12.1. The van der Waals surface area contributed by atoms with Gasteiger partial charge in [-0.15, -0.1) is 0 Å². The van der Waals surface area contributed by atoms with Gasteiger partial charge >= 0.3 is 5.97 Å². The molecule has 4 nitrogen and oxygen atoms in total. The summed E-state index contributed by atoms with van der Waals surface area (Å²) in [7, 11) is 0. The van der Waals surface area contributed by atoms with E-state index >= 15 is 0 Å². The van der Waals surface area contributed by atoms with Gasteiger partial charge in [0.2, 0.25) is 0 Å². The van der Waals surface area contributed by atoms with Gasteiger partial charge in [-0.1, -0.05) is 0 Å². The van der Waals surface area contributed by atoms with Crippen LogP contribution < -0.4 is 0 Å². The normalized spacial score (nSPS) is 34.3. The highest BCUT2D eigenvalue weighted by Crippen LogP contribution is 2.26. The summed E-state index contributed by atoms with van der Waals surface area (Å²) in [6.07, 6.45) is 7.41. The van der Waals surface area contributed by atoms with E-state index in [1.807, 2.05) is 0 Å². The summed E-state index contributed by atoms with van der Waals surface area (Å²) in [6, 6.07) is 0. The van der Waals surface area contributed by atoms with Crippen molar-refractivity contribution in [2.75, 3.05) is 6.61 Å². The molecule has 1 aliphatic carbocycles. The van der Waals surface area contributed by atoms with Crippen LogP contribution in [0.25, 0.3) is 0 Å². The van der Waals surface area contributed by atoms with Crippen LogP contribution in [0, 0.1) is 0 Å². The van der Waals surface area contributed by atoms with E-state index in [-0.39, 0.29) is 24.5 Å². The standard InChI is InChI=1S/C13H22O4/c1-10(14)16-11-5-4-6-12(9-11)17-13-7-2-3-8-15-13/h11-13H,2-9H2,1H3/t11-,12+,13-/m0/s1. The Morgan fingerprint density at radius 3 is 2.65 bits per heavy atom. The maximum atomic E-state index is 10.9. The van der Waals surface area contributed by atoms with E-state index in [4.69, 9.17) is 14.2 Å². The van der Waals surface area contributed by atoms with Crippen LogP contribution in [-0.2, 0) is 19.0 Å². The van der Waals surface area contributed by atoms with E-state index in [0.717, 1.165) is 45.1 Å². The fourth-order valence-electron chi connectivity index (χ4n) is 2.60. The predicted molar refractivity (Wildman–Crippen MR) is 62.5 cm³/mol. The fourth-order valence-corrected chi connectivity index (χ4v) is 2.60. The molecule has 17 heavy (non-hydrogen) atoms. The average molecular weight is 242 g/mol. The Morgan fingerprint density at radius 1 is 1.12 bits per heavy atom. The molecule has 0 unspecified atom stereocenters. The molecule has 4 heteroatoms. The molecule has 3 atom stereocenters. The SMILES string of the molecule is CC(=O)O[C@H]1CCC[C@@H](O[C@H]2CCCCO2)C1. The van der Waals surface area contributed by atoms with Gasteiger partial charge in [-0.05, 0) is 38.5 Å². The first kappa shape index (κ1) is 12.8. The van der Waals surface area contributed by atoms with Crippen molar-refractivity contribution in [3.8, 4) is 0 Å². The van der Waals surface area contributed by atoms with Gasteiger partial charge in [0.25, 0.3) is 0 Å². The Labute approximate surface area is 103 Å². The van der Waals surface area contributed by atoms with Crippen LogP contribution in [0.15, 0.2) is 0 Å². The maximum Gasteiger partial charge on any atom is 0.302 e. The lowest BCUT2D eigenvalue weighted by Gasteiger charge is -2.32. The third-order valence-corrected chi connectivity index (χ3v) is 3.39. The van der Waals surface area contributed by atoms with E-state index in [1.54, 1.807) is 0 Å². The highest BCUT2D eigenvalue weighted by molar-refractivity contribution is 5.66. The van der Waals surface area contributed by atoms with Crippen molar-refractivity contribution in [3.05, 3.63) is 0 Å². The number of esters is 1. The Bertz CT molecular complexity index is 248. The van der Waals surface area contributed by atoms with Gasteiger partial charge in [-0.2, -0.15) is 0 Å². The number of hydrogen-bond acceptors (Lipinski definition) is 4. The molecule has 0 N–H and O–H groups in total. The van der Waals surface area contributed by atoms with Crippen molar-refractivity contribution in [1.29, 1.82) is 0 Å². The second kappa shape index (κ2) is 6.36. The summed E-state index contributed by atoms with van der Waals surface area (Å²) in [4.78, 5) is 10.9. The van der Waals surface area contributed by atoms with Crippen molar-refractivity contribution in [2.45, 2.75) is 70.4 Å². The summed E-state index contributed by atoms with van der Waals surface area (Å²) in [5.74, 6) is -0.190. The summed E-state index contributed by atoms with van der Waals surface area (Å²) in [5, 5.41) is 0. The van der Waals surface area contributed by atoms with Crippen LogP contribution in [0.4, 0.5) is 0 Å². The quantitative estimate of drug-likeness (QED) is 0.713. The number of rotatable bonds is 3. The van der Waals surface area contributed by atoms with Crippen LogP contribution in [0.2, 0.25) is 0 Å². The first-order valence-electron chi connectivity index (χ1n) is 6.68. The third kappa shape index (κ3) is 4.28. The van der Waals surface area contributed by atoms with E-state index in [2.05, 4.69) is 0 Å². The molecule has 0 bridgehead atoms. The van der Waals surface area contributed by atoms with Crippen molar-refractivity contribution in [3.63, 3.8) is 0 Å². The molecule has 2 rings (SSSR count). The zero-order valence-electron chi connectivity index (χ0n) is 10.5. The van der Waals surface area contributed by atoms with E-state index in [1.165, 1.54) is 13.3 Å². The lowest BCUT2D eigenvalue weighted by Crippen LogP contribution is -2.34. The van der Waals surface area contributed by atoms with Gasteiger partial charge in [0, 0.05) is 20.0 Å². The highest BCUT2D eigenvalue weighted by Gasteiger charge is 2.27. The van der Waals surface area contributed by atoms with E-state index < -0.39 is 0 Å². The average Bonchev–Trinajstić information content (AvgIpc) is 2.30. The fraction of sp³-hybridized carbons (Fsp3) is 0.923. The number of carbonyl (C=O) groups is 1. The van der Waals surface area contributed by atoms with Crippen LogP contribution in [-0.4, -0.2) is 31.1 Å². The van der Waals surface area contributed by atoms with Crippen molar-refractivity contribution >= 4 is 5.97 Å². The lowest BCUT2D eigenvalue weighted by atomic mass is 9.95. The van der Waals surface area contributed by atoms with Crippen molar-refractivity contribution in [2.24, 2.45) is 0 Å². The lowest BCUT2D eigenvalue weighted by molar-refractivity contribution is -0.200. The second-order valence-electron chi connectivity index (χ2n) is 4.95. The molecule has 0 aromatic rings. The smallest absolute Gasteiger partial charge is 0.302 e. The first-order valence-corrected chi connectivity index (χ1v) is 6.68. The minimum Gasteiger partial charge on any atom is -0.462 e. The highest BCUT2D eigenvalue weighted by atomic mass is 16.7. The topological polar surface area (TPSA) is 44.8 Å². The van der Waals surface area contributed by atoms with E-state index in [9.17, 15) is 4.79 Å². The summed E-state index contributed by atoms with van der Waals surface area (Å²) >= 11 is 0. The summed E-state index contributed by atoms with van der Waals surface area (Å²) < 4.78 is 16.7. The molecule has 2 aliphatic rings.